The number of halogens is 1. The fraction of sp³-hybridized carbons (Fsp3) is 0.357. The van der Waals surface area contributed by atoms with E-state index in [1.54, 1.807) is 0 Å². The Morgan fingerprint density at radius 1 is 1.42 bits per heavy atom. The molecule has 2 aromatic rings. The van der Waals surface area contributed by atoms with E-state index in [0.717, 1.165) is 27.2 Å². The van der Waals surface area contributed by atoms with Crippen LogP contribution in [0.4, 0.5) is 0 Å². The monoisotopic (exact) mass is 324 g/mol. The van der Waals surface area contributed by atoms with Crippen LogP contribution in [0.2, 0.25) is 0 Å². The number of nitrogens with zero attached hydrogens (tertiary/aromatic N) is 1. The lowest BCUT2D eigenvalue weighted by molar-refractivity contribution is 0.283. The summed E-state index contributed by atoms with van der Waals surface area (Å²) in [6, 6.07) is 8.13. The number of aromatic nitrogens is 1. The Balaban J connectivity index is 2.16. The first kappa shape index (κ1) is 14.1. The van der Waals surface area contributed by atoms with E-state index in [4.69, 9.17) is 9.26 Å². The zero-order valence-electron chi connectivity index (χ0n) is 11.2. The van der Waals surface area contributed by atoms with Gasteiger partial charge in [-0.1, -0.05) is 27.2 Å². The average molecular weight is 325 g/mol. The summed E-state index contributed by atoms with van der Waals surface area (Å²) in [6.07, 6.45) is 0. The van der Waals surface area contributed by atoms with Crippen LogP contribution in [0.1, 0.15) is 30.0 Å². The Morgan fingerprint density at radius 3 is 2.84 bits per heavy atom. The molecule has 0 fully saturated rings. The number of hydrogen-bond donors (Lipinski definition) is 1. The summed E-state index contributed by atoms with van der Waals surface area (Å²) in [5.41, 5.74) is 1.91. The highest BCUT2D eigenvalue weighted by atomic mass is 79.9. The summed E-state index contributed by atoms with van der Waals surface area (Å²) in [5.74, 6) is 1.63. The van der Waals surface area contributed by atoms with Crippen LogP contribution in [0.5, 0.6) is 5.75 Å². The van der Waals surface area contributed by atoms with Gasteiger partial charge in [0.2, 0.25) is 0 Å². The summed E-state index contributed by atoms with van der Waals surface area (Å²) in [6.45, 7) is 4.36. The van der Waals surface area contributed by atoms with Gasteiger partial charge in [0.15, 0.2) is 0 Å². The van der Waals surface area contributed by atoms with Gasteiger partial charge >= 0.3 is 0 Å². The Kier molecular flexibility index (Phi) is 4.61. The second-order valence-electron chi connectivity index (χ2n) is 4.41. The van der Waals surface area contributed by atoms with Gasteiger partial charge in [-0.3, -0.25) is 0 Å². The lowest BCUT2D eigenvalue weighted by atomic mass is 10.1. The minimum absolute atomic E-state index is 0.224. The van der Waals surface area contributed by atoms with Crippen LogP contribution >= 0.6 is 15.9 Å². The average Bonchev–Trinajstić information content (AvgIpc) is 2.81. The molecule has 1 atom stereocenters. The van der Waals surface area contributed by atoms with Crippen molar-refractivity contribution >= 4 is 15.9 Å². The molecule has 0 radical (unpaired) electrons. The number of benzene rings is 1. The van der Waals surface area contributed by atoms with Gasteiger partial charge < -0.3 is 14.6 Å². The van der Waals surface area contributed by atoms with Crippen molar-refractivity contribution in [2.24, 2.45) is 0 Å². The molecule has 0 aliphatic heterocycles. The van der Waals surface area contributed by atoms with Crippen LogP contribution in [0.25, 0.3) is 0 Å². The van der Waals surface area contributed by atoms with E-state index in [1.165, 1.54) is 0 Å². The molecular formula is C14H17BrN2O2. The van der Waals surface area contributed by atoms with Crippen molar-refractivity contribution in [2.75, 3.05) is 7.05 Å². The maximum Gasteiger partial charge on any atom is 0.134 e. The van der Waals surface area contributed by atoms with Gasteiger partial charge in [0, 0.05) is 22.1 Å². The smallest absolute Gasteiger partial charge is 0.134 e. The summed E-state index contributed by atoms with van der Waals surface area (Å²) in [7, 11) is 1.93. The fourth-order valence-corrected chi connectivity index (χ4v) is 2.12. The van der Waals surface area contributed by atoms with Gasteiger partial charge in [-0.25, -0.2) is 0 Å². The lowest BCUT2D eigenvalue weighted by Crippen LogP contribution is -2.13. The summed E-state index contributed by atoms with van der Waals surface area (Å²) >= 11 is 3.46. The van der Waals surface area contributed by atoms with Gasteiger partial charge in [0.1, 0.15) is 23.8 Å². The number of rotatable bonds is 5. The van der Waals surface area contributed by atoms with Gasteiger partial charge in [0.05, 0.1) is 0 Å². The molecule has 19 heavy (non-hydrogen) atoms. The van der Waals surface area contributed by atoms with Crippen molar-refractivity contribution in [3.63, 3.8) is 0 Å². The molecule has 0 aliphatic carbocycles. The van der Waals surface area contributed by atoms with Crippen molar-refractivity contribution in [3.05, 3.63) is 45.8 Å². The van der Waals surface area contributed by atoms with E-state index in [2.05, 4.69) is 39.4 Å². The van der Waals surface area contributed by atoms with E-state index < -0.39 is 0 Å². The number of nitrogens with one attached hydrogen (secondary N) is 1. The van der Waals surface area contributed by atoms with Gasteiger partial charge in [0.25, 0.3) is 0 Å². The molecule has 4 nitrogen and oxygen atoms in total. The van der Waals surface area contributed by atoms with Crippen LogP contribution < -0.4 is 10.1 Å². The molecule has 0 saturated carbocycles. The predicted octanol–water partition coefficient (Wildman–Crippen LogP) is 3.60. The van der Waals surface area contributed by atoms with Crippen molar-refractivity contribution in [3.8, 4) is 5.75 Å². The normalized spacial score (nSPS) is 12.4. The molecule has 1 N–H and O–H groups in total. The van der Waals surface area contributed by atoms with E-state index >= 15 is 0 Å². The van der Waals surface area contributed by atoms with Crippen molar-refractivity contribution in [1.82, 2.24) is 10.5 Å². The molecule has 5 heteroatoms. The predicted molar refractivity (Wildman–Crippen MR) is 77.2 cm³/mol. The highest BCUT2D eigenvalue weighted by Gasteiger charge is 2.11. The summed E-state index contributed by atoms with van der Waals surface area (Å²) in [4.78, 5) is 0. The summed E-state index contributed by atoms with van der Waals surface area (Å²) in [5, 5.41) is 7.13. The van der Waals surface area contributed by atoms with E-state index in [9.17, 15) is 0 Å². The topological polar surface area (TPSA) is 47.3 Å². The number of hydrogen-bond acceptors (Lipinski definition) is 4. The van der Waals surface area contributed by atoms with E-state index in [-0.39, 0.29) is 6.04 Å². The van der Waals surface area contributed by atoms with Crippen LogP contribution in [0.15, 0.2) is 33.3 Å². The van der Waals surface area contributed by atoms with Crippen LogP contribution in [-0.4, -0.2) is 12.2 Å². The minimum Gasteiger partial charge on any atom is -0.487 e. The fourth-order valence-electron chi connectivity index (χ4n) is 1.78. The Labute approximate surface area is 121 Å². The van der Waals surface area contributed by atoms with Crippen LogP contribution in [0, 0.1) is 6.92 Å². The number of ether oxygens (including phenoxy) is 1. The third-order valence-electron chi connectivity index (χ3n) is 2.93. The molecule has 1 heterocycles. The van der Waals surface area contributed by atoms with E-state index in [0.29, 0.717) is 6.61 Å². The molecule has 1 unspecified atom stereocenters. The molecule has 0 bridgehead atoms. The molecular weight excluding hydrogens is 308 g/mol. The molecule has 0 amide bonds. The third-order valence-corrected chi connectivity index (χ3v) is 3.42. The molecule has 1 aromatic heterocycles. The molecule has 1 aromatic carbocycles. The maximum atomic E-state index is 5.85. The standard InChI is InChI=1S/C14H17BrN2O2/c1-9-6-12(17-19-9)8-18-14-7-11(15)4-5-13(14)10(2)16-3/h4-7,10,16H,8H2,1-3H3. The molecule has 0 aliphatic rings. The first-order valence-electron chi connectivity index (χ1n) is 6.12. The Hall–Kier alpha value is -1.33. The quantitative estimate of drug-likeness (QED) is 0.912. The van der Waals surface area contributed by atoms with Crippen molar-refractivity contribution in [2.45, 2.75) is 26.5 Å². The largest absolute Gasteiger partial charge is 0.487 e. The van der Waals surface area contributed by atoms with Gasteiger partial charge in [-0.15, -0.1) is 0 Å². The molecule has 0 spiro atoms. The number of aryl methyl sites for hydroxylation is 1. The zero-order valence-corrected chi connectivity index (χ0v) is 12.8. The zero-order chi connectivity index (χ0) is 13.8. The highest BCUT2D eigenvalue weighted by Crippen LogP contribution is 2.29. The first-order chi connectivity index (χ1) is 9.10. The second-order valence-corrected chi connectivity index (χ2v) is 5.33. The van der Waals surface area contributed by atoms with Crippen LogP contribution in [-0.2, 0) is 6.61 Å². The van der Waals surface area contributed by atoms with Gasteiger partial charge in [-0.05, 0) is 33.0 Å². The van der Waals surface area contributed by atoms with Crippen LogP contribution in [0.3, 0.4) is 0 Å². The van der Waals surface area contributed by atoms with E-state index in [1.807, 2.05) is 32.2 Å². The van der Waals surface area contributed by atoms with Crippen molar-refractivity contribution in [1.29, 1.82) is 0 Å². The minimum atomic E-state index is 0.224. The molecule has 102 valence electrons. The molecule has 0 saturated heterocycles. The lowest BCUT2D eigenvalue weighted by Gasteiger charge is -2.16. The highest BCUT2D eigenvalue weighted by molar-refractivity contribution is 9.10. The second kappa shape index (κ2) is 6.21. The van der Waals surface area contributed by atoms with Crippen molar-refractivity contribution < 1.29 is 9.26 Å². The van der Waals surface area contributed by atoms with Gasteiger partial charge in [-0.2, -0.15) is 0 Å². The Morgan fingerprint density at radius 2 is 2.21 bits per heavy atom. The Bertz CT molecular complexity index is 554. The SMILES string of the molecule is CNC(C)c1ccc(Br)cc1OCc1cc(C)on1. The third kappa shape index (κ3) is 3.58. The summed E-state index contributed by atoms with van der Waals surface area (Å²) < 4.78 is 11.9. The molecule has 2 rings (SSSR count). The maximum absolute atomic E-state index is 5.85. The first-order valence-corrected chi connectivity index (χ1v) is 6.91.